The summed E-state index contributed by atoms with van der Waals surface area (Å²) in [4.78, 5) is 34.6. The molecule has 0 spiro atoms. The van der Waals surface area contributed by atoms with Gasteiger partial charge in [-0.05, 0) is 25.5 Å². The van der Waals surface area contributed by atoms with Crippen molar-refractivity contribution in [2.75, 3.05) is 12.4 Å². The van der Waals surface area contributed by atoms with E-state index in [2.05, 4.69) is 10.1 Å². The summed E-state index contributed by atoms with van der Waals surface area (Å²) >= 11 is 0. The number of nitrogens with one attached hydrogen (secondary N) is 1. The van der Waals surface area contributed by atoms with Crippen molar-refractivity contribution in [3.63, 3.8) is 0 Å². The third-order valence-electron chi connectivity index (χ3n) is 2.95. The number of carbonyl (C=O) groups is 3. The first-order valence-electron chi connectivity index (χ1n) is 6.50. The second-order valence-electron chi connectivity index (χ2n) is 4.47. The predicted octanol–water partition coefficient (Wildman–Crippen LogP) is 2.17. The molecule has 1 atom stereocenters. The summed E-state index contributed by atoms with van der Waals surface area (Å²) in [6.45, 7) is 1.57. The zero-order chi connectivity index (χ0) is 15.0. The molecule has 0 aliphatic rings. The van der Waals surface area contributed by atoms with Gasteiger partial charge in [-0.25, -0.2) is 0 Å². The van der Waals surface area contributed by atoms with Crippen molar-refractivity contribution in [3.05, 3.63) is 30.3 Å². The minimum absolute atomic E-state index is 0.178. The Morgan fingerprint density at radius 2 is 1.80 bits per heavy atom. The maximum absolute atomic E-state index is 11.9. The third-order valence-corrected chi connectivity index (χ3v) is 2.95. The summed E-state index contributed by atoms with van der Waals surface area (Å²) in [5, 5.41) is 2.68. The molecule has 5 heteroatoms. The Kier molecular flexibility index (Phi) is 6.43. The van der Waals surface area contributed by atoms with E-state index in [1.165, 1.54) is 7.11 Å². The maximum atomic E-state index is 11.9. The molecule has 0 saturated heterocycles. The SMILES string of the molecule is COC(=O)CCCC(=O)C(C)C(=O)Nc1ccccc1. The monoisotopic (exact) mass is 277 g/mol. The lowest BCUT2D eigenvalue weighted by molar-refractivity contribution is -0.140. The highest BCUT2D eigenvalue weighted by molar-refractivity contribution is 6.06. The molecular weight excluding hydrogens is 258 g/mol. The minimum atomic E-state index is -0.729. The van der Waals surface area contributed by atoms with Crippen molar-refractivity contribution in [3.8, 4) is 0 Å². The molecule has 0 aliphatic carbocycles. The smallest absolute Gasteiger partial charge is 0.305 e. The first-order valence-corrected chi connectivity index (χ1v) is 6.50. The molecule has 0 saturated carbocycles. The van der Waals surface area contributed by atoms with Gasteiger partial charge < -0.3 is 10.1 Å². The predicted molar refractivity (Wildman–Crippen MR) is 75.1 cm³/mol. The summed E-state index contributed by atoms with van der Waals surface area (Å²) < 4.78 is 4.49. The molecule has 1 aromatic rings. The minimum Gasteiger partial charge on any atom is -0.469 e. The van der Waals surface area contributed by atoms with Crippen LogP contribution in [-0.4, -0.2) is 24.8 Å². The summed E-state index contributed by atoms with van der Waals surface area (Å²) in [6.07, 6.45) is 0.780. The Hall–Kier alpha value is -2.17. The largest absolute Gasteiger partial charge is 0.469 e. The van der Waals surface area contributed by atoms with Crippen LogP contribution in [-0.2, 0) is 19.1 Å². The van der Waals surface area contributed by atoms with Gasteiger partial charge in [-0.3, -0.25) is 14.4 Å². The molecule has 1 N–H and O–H groups in total. The van der Waals surface area contributed by atoms with Gasteiger partial charge >= 0.3 is 5.97 Å². The number of esters is 1. The van der Waals surface area contributed by atoms with Crippen LogP contribution in [0.1, 0.15) is 26.2 Å². The lowest BCUT2D eigenvalue weighted by Crippen LogP contribution is -2.27. The molecule has 0 fully saturated rings. The molecule has 5 nitrogen and oxygen atoms in total. The third kappa shape index (κ3) is 5.22. The number of Topliss-reactive ketones (excluding diaryl/α,β-unsaturated/α-hetero) is 1. The average Bonchev–Trinajstić information content (AvgIpc) is 2.47. The van der Waals surface area contributed by atoms with Gasteiger partial charge in [0.25, 0.3) is 0 Å². The maximum Gasteiger partial charge on any atom is 0.305 e. The topological polar surface area (TPSA) is 72.5 Å². The van der Waals surface area contributed by atoms with Crippen molar-refractivity contribution in [1.29, 1.82) is 0 Å². The number of para-hydroxylation sites is 1. The number of rotatable bonds is 7. The second kappa shape index (κ2) is 8.09. The van der Waals surface area contributed by atoms with Crippen LogP contribution in [0.15, 0.2) is 30.3 Å². The Morgan fingerprint density at radius 3 is 2.40 bits per heavy atom. The number of anilines is 1. The summed E-state index contributed by atoms with van der Waals surface area (Å²) in [5.74, 6) is -1.59. The molecular formula is C15H19NO4. The fourth-order valence-corrected chi connectivity index (χ4v) is 1.64. The van der Waals surface area contributed by atoms with Crippen LogP contribution >= 0.6 is 0 Å². The van der Waals surface area contributed by atoms with Crippen molar-refractivity contribution in [2.45, 2.75) is 26.2 Å². The summed E-state index contributed by atoms with van der Waals surface area (Å²) in [5.41, 5.74) is 0.659. The summed E-state index contributed by atoms with van der Waals surface area (Å²) in [7, 11) is 1.31. The molecule has 0 aromatic heterocycles. The molecule has 1 amide bonds. The Balaban J connectivity index is 2.40. The quantitative estimate of drug-likeness (QED) is 0.612. The van der Waals surface area contributed by atoms with E-state index < -0.39 is 5.92 Å². The van der Waals surface area contributed by atoms with E-state index in [4.69, 9.17) is 0 Å². The fourth-order valence-electron chi connectivity index (χ4n) is 1.64. The number of ketones is 1. The molecule has 1 unspecified atom stereocenters. The molecule has 0 aliphatic heterocycles. The van der Waals surface area contributed by atoms with Gasteiger partial charge in [-0.2, -0.15) is 0 Å². The molecule has 0 heterocycles. The van der Waals surface area contributed by atoms with Gasteiger partial charge in [-0.1, -0.05) is 18.2 Å². The van der Waals surface area contributed by atoms with Crippen LogP contribution in [0.4, 0.5) is 5.69 Å². The van der Waals surface area contributed by atoms with Crippen LogP contribution in [0.2, 0.25) is 0 Å². The zero-order valence-electron chi connectivity index (χ0n) is 11.7. The molecule has 20 heavy (non-hydrogen) atoms. The standard InChI is InChI=1S/C15H19NO4/c1-11(13(17)9-6-10-14(18)20-2)15(19)16-12-7-4-3-5-8-12/h3-5,7-8,11H,6,9-10H2,1-2H3,(H,16,19). The van der Waals surface area contributed by atoms with E-state index in [-0.39, 0.29) is 30.5 Å². The van der Waals surface area contributed by atoms with Gasteiger partial charge in [0.2, 0.25) is 5.91 Å². The van der Waals surface area contributed by atoms with E-state index in [0.717, 1.165) is 0 Å². The average molecular weight is 277 g/mol. The number of ether oxygens (including phenoxy) is 1. The Bertz CT molecular complexity index is 470. The number of amides is 1. The molecule has 108 valence electrons. The van der Waals surface area contributed by atoms with Gasteiger partial charge in [0, 0.05) is 18.5 Å². The number of hydrogen-bond acceptors (Lipinski definition) is 4. The first kappa shape index (κ1) is 15.9. The Labute approximate surface area is 118 Å². The lowest BCUT2D eigenvalue weighted by atomic mass is 10.0. The van der Waals surface area contributed by atoms with Crippen molar-refractivity contribution in [2.24, 2.45) is 5.92 Å². The van der Waals surface area contributed by atoms with Crippen molar-refractivity contribution in [1.82, 2.24) is 0 Å². The van der Waals surface area contributed by atoms with E-state index in [1.807, 2.05) is 6.07 Å². The molecule has 1 aromatic carbocycles. The highest BCUT2D eigenvalue weighted by atomic mass is 16.5. The van der Waals surface area contributed by atoms with Gasteiger partial charge in [0.05, 0.1) is 13.0 Å². The number of methoxy groups -OCH3 is 1. The zero-order valence-corrected chi connectivity index (χ0v) is 11.7. The van der Waals surface area contributed by atoms with Gasteiger partial charge in [-0.15, -0.1) is 0 Å². The molecule has 0 bridgehead atoms. The van der Waals surface area contributed by atoms with E-state index in [9.17, 15) is 14.4 Å². The molecule has 0 radical (unpaired) electrons. The van der Waals surface area contributed by atoms with Crippen LogP contribution in [0.3, 0.4) is 0 Å². The summed E-state index contributed by atoms with van der Waals surface area (Å²) in [6, 6.07) is 8.96. The van der Waals surface area contributed by atoms with Gasteiger partial charge in [0.15, 0.2) is 0 Å². The second-order valence-corrected chi connectivity index (χ2v) is 4.47. The van der Waals surface area contributed by atoms with Crippen LogP contribution in [0.5, 0.6) is 0 Å². The van der Waals surface area contributed by atoms with Crippen LogP contribution in [0.25, 0.3) is 0 Å². The van der Waals surface area contributed by atoms with Crippen LogP contribution in [0, 0.1) is 5.92 Å². The highest BCUT2D eigenvalue weighted by Crippen LogP contribution is 2.11. The highest BCUT2D eigenvalue weighted by Gasteiger charge is 2.21. The van der Waals surface area contributed by atoms with Crippen molar-refractivity contribution >= 4 is 23.3 Å². The van der Waals surface area contributed by atoms with E-state index >= 15 is 0 Å². The first-order chi connectivity index (χ1) is 9.54. The number of carbonyl (C=O) groups excluding carboxylic acids is 3. The fraction of sp³-hybridized carbons (Fsp3) is 0.400. The van der Waals surface area contributed by atoms with E-state index in [0.29, 0.717) is 12.1 Å². The lowest BCUT2D eigenvalue weighted by Gasteiger charge is -2.11. The van der Waals surface area contributed by atoms with Gasteiger partial charge in [0.1, 0.15) is 5.78 Å². The Morgan fingerprint density at radius 1 is 1.15 bits per heavy atom. The number of hydrogen-bond donors (Lipinski definition) is 1. The van der Waals surface area contributed by atoms with Crippen molar-refractivity contribution < 1.29 is 19.1 Å². The molecule has 1 rings (SSSR count). The van der Waals surface area contributed by atoms with E-state index in [1.54, 1.807) is 31.2 Å². The van der Waals surface area contributed by atoms with Crippen LogP contribution < -0.4 is 5.32 Å². The number of benzene rings is 1. The normalized spacial score (nSPS) is 11.5.